The lowest BCUT2D eigenvalue weighted by Crippen LogP contribution is -2.37. The third-order valence-corrected chi connectivity index (χ3v) is 2.12. The smallest absolute Gasteiger partial charge is 0.326 e. The normalized spacial score (nSPS) is 11.8. The van der Waals surface area contributed by atoms with Gasteiger partial charge < -0.3 is 15.2 Å². The number of methoxy groups -OCH3 is 1. The topological polar surface area (TPSA) is 105 Å². The number of carbonyl (C=O) groups is 1. The first-order valence-corrected chi connectivity index (χ1v) is 4.96. The van der Waals surface area contributed by atoms with Gasteiger partial charge in [0.25, 0.3) is 0 Å². The molecule has 7 nitrogen and oxygen atoms in total. The lowest BCUT2D eigenvalue weighted by Gasteiger charge is -2.11. The van der Waals surface area contributed by atoms with E-state index >= 15 is 0 Å². The van der Waals surface area contributed by atoms with Crippen molar-refractivity contribution in [1.82, 2.24) is 0 Å². The van der Waals surface area contributed by atoms with Gasteiger partial charge in [-0.05, 0) is 0 Å². The average Bonchev–Trinajstić information content (AvgIpc) is 2.37. The fraction of sp³-hybridized carbons (Fsp3) is 0.300. The molecule has 1 aromatic carbocycles. The molecular formula is C10H10F2N2O5. The van der Waals surface area contributed by atoms with E-state index in [1.54, 1.807) is 0 Å². The Labute approximate surface area is 106 Å². The predicted molar refractivity (Wildman–Crippen MR) is 58.5 cm³/mol. The zero-order chi connectivity index (χ0) is 14.6. The lowest BCUT2D eigenvalue weighted by molar-refractivity contribution is -0.387. The van der Waals surface area contributed by atoms with E-state index in [2.05, 4.69) is 4.74 Å². The standard InChI is InChI=1S/C10H10F2N2O5/c1-18-10(15)7(13)4-19-9-3-5(11)8(14(16)17)2-6(9)12/h2-3,7H,4,13H2,1H3. The molecule has 0 saturated carbocycles. The van der Waals surface area contributed by atoms with Crippen LogP contribution in [0.1, 0.15) is 0 Å². The molecule has 0 aliphatic heterocycles. The van der Waals surface area contributed by atoms with E-state index in [0.29, 0.717) is 12.1 Å². The molecule has 0 aliphatic rings. The number of hydrogen-bond donors (Lipinski definition) is 1. The van der Waals surface area contributed by atoms with Crippen molar-refractivity contribution in [3.05, 3.63) is 33.9 Å². The maximum Gasteiger partial charge on any atom is 0.326 e. The average molecular weight is 276 g/mol. The van der Waals surface area contributed by atoms with Gasteiger partial charge in [0, 0.05) is 6.07 Å². The summed E-state index contributed by atoms with van der Waals surface area (Å²) in [5.41, 5.74) is 4.31. The molecule has 0 aliphatic carbocycles. The summed E-state index contributed by atoms with van der Waals surface area (Å²) in [4.78, 5) is 20.2. The van der Waals surface area contributed by atoms with Gasteiger partial charge in [0.15, 0.2) is 11.6 Å². The third kappa shape index (κ3) is 3.58. The monoisotopic (exact) mass is 276 g/mol. The predicted octanol–water partition coefficient (Wildman–Crippen LogP) is 0.752. The minimum Gasteiger partial charge on any atom is -0.488 e. The highest BCUT2D eigenvalue weighted by atomic mass is 19.1. The first-order chi connectivity index (χ1) is 8.86. The number of hydrogen-bond acceptors (Lipinski definition) is 6. The first-order valence-electron chi connectivity index (χ1n) is 4.96. The van der Waals surface area contributed by atoms with Gasteiger partial charge in [-0.25, -0.2) is 4.39 Å². The summed E-state index contributed by atoms with van der Waals surface area (Å²) in [5, 5.41) is 10.4. The summed E-state index contributed by atoms with van der Waals surface area (Å²) in [7, 11) is 1.11. The van der Waals surface area contributed by atoms with E-state index in [1.807, 2.05) is 0 Å². The van der Waals surface area contributed by atoms with Gasteiger partial charge in [0.05, 0.1) is 18.1 Å². The third-order valence-electron chi connectivity index (χ3n) is 2.12. The summed E-state index contributed by atoms with van der Waals surface area (Å²) < 4.78 is 35.7. The Kier molecular flexibility index (Phi) is 4.70. The molecule has 9 heteroatoms. The van der Waals surface area contributed by atoms with Crippen LogP contribution in [0.15, 0.2) is 12.1 Å². The highest BCUT2D eigenvalue weighted by Crippen LogP contribution is 2.26. The molecule has 104 valence electrons. The van der Waals surface area contributed by atoms with Crippen molar-refractivity contribution in [3.8, 4) is 5.75 Å². The highest BCUT2D eigenvalue weighted by Gasteiger charge is 2.21. The van der Waals surface area contributed by atoms with E-state index in [0.717, 1.165) is 7.11 Å². The second-order valence-corrected chi connectivity index (χ2v) is 3.43. The zero-order valence-electron chi connectivity index (χ0n) is 9.76. The number of nitro groups is 1. The quantitative estimate of drug-likeness (QED) is 0.483. The van der Waals surface area contributed by atoms with E-state index in [1.165, 1.54) is 0 Å². The zero-order valence-corrected chi connectivity index (χ0v) is 9.76. The van der Waals surface area contributed by atoms with Gasteiger partial charge in [-0.2, -0.15) is 4.39 Å². The number of carbonyl (C=O) groups excluding carboxylic acids is 1. The van der Waals surface area contributed by atoms with Crippen molar-refractivity contribution >= 4 is 11.7 Å². The van der Waals surface area contributed by atoms with Crippen molar-refractivity contribution < 1.29 is 28.0 Å². The number of esters is 1. The highest BCUT2D eigenvalue weighted by molar-refractivity contribution is 5.75. The van der Waals surface area contributed by atoms with Crippen molar-refractivity contribution in [3.63, 3.8) is 0 Å². The summed E-state index contributed by atoms with van der Waals surface area (Å²) in [6, 6.07) is -0.283. The van der Waals surface area contributed by atoms with Crippen LogP contribution in [0.25, 0.3) is 0 Å². The lowest BCUT2D eigenvalue weighted by atomic mass is 10.2. The van der Waals surface area contributed by atoms with Crippen molar-refractivity contribution in [1.29, 1.82) is 0 Å². The molecule has 0 heterocycles. The van der Waals surface area contributed by atoms with Crippen molar-refractivity contribution in [2.45, 2.75) is 6.04 Å². The van der Waals surface area contributed by atoms with E-state index in [4.69, 9.17) is 10.5 Å². The summed E-state index contributed by atoms with van der Waals surface area (Å²) >= 11 is 0. The van der Waals surface area contributed by atoms with Gasteiger partial charge in [0.2, 0.25) is 5.82 Å². The Morgan fingerprint density at radius 1 is 1.47 bits per heavy atom. The number of halogens is 2. The van der Waals surface area contributed by atoms with E-state index in [9.17, 15) is 23.7 Å². The second kappa shape index (κ2) is 6.05. The minimum atomic E-state index is -1.26. The molecule has 0 aromatic heterocycles. The van der Waals surface area contributed by atoms with Crippen molar-refractivity contribution in [2.75, 3.05) is 13.7 Å². The molecule has 1 rings (SSSR count). The van der Waals surface area contributed by atoms with Gasteiger partial charge in [-0.15, -0.1) is 0 Å². The molecule has 19 heavy (non-hydrogen) atoms. The Morgan fingerprint density at radius 2 is 2.11 bits per heavy atom. The van der Waals surface area contributed by atoms with Crippen LogP contribution in [0.5, 0.6) is 5.75 Å². The molecule has 0 amide bonds. The maximum absolute atomic E-state index is 13.4. The molecule has 2 N–H and O–H groups in total. The number of ether oxygens (including phenoxy) is 2. The number of nitro benzene ring substituents is 1. The van der Waals surface area contributed by atoms with Gasteiger partial charge in [-0.1, -0.05) is 0 Å². The molecule has 0 bridgehead atoms. The van der Waals surface area contributed by atoms with Crippen LogP contribution in [-0.4, -0.2) is 30.7 Å². The Hall–Kier alpha value is -2.29. The van der Waals surface area contributed by atoms with Crippen molar-refractivity contribution in [2.24, 2.45) is 5.73 Å². The van der Waals surface area contributed by atoms with E-state index < -0.39 is 46.6 Å². The second-order valence-electron chi connectivity index (χ2n) is 3.43. The Balaban J connectivity index is 2.83. The number of nitrogens with two attached hydrogens (primary N) is 1. The Morgan fingerprint density at radius 3 is 2.63 bits per heavy atom. The maximum atomic E-state index is 13.4. The van der Waals surface area contributed by atoms with Crippen LogP contribution in [0.2, 0.25) is 0 Å². The van der Waals surface area contributed by atoms with Crippen LogP contribution >= 0.6 is 0 Å². The minimum absolute atomic E-state index is 0.383. The SMILES string of the molecule is COC(=O)C(N)COc1cc(F)c([N+](=O)[O-])cc1F. The van der Waals surface area contributed by atoms with Crippen LogP contribution < -0.4 is 10.5 Å². The molecule has 0 fully saturated rings. The fourth-order valence-electron chi connectivity index (χ4n) is 1.17. The number of rotatable bonds is 5. The van der Waals surface area contributed by atoms with Gasteiger partial charge >= 0.3 is 11.7 Å². The van der Waals surface area contributed by atoms with Gasteiger partial charge in [-0.3, -0.25) is 14.9 Å². The molecular weight excluding hydrogens is 266 g/mol. The molecule has 1 aromatic rings. The fourth-order valence-corrected chi connectivity index (χ4v) is 1.17. The molecule has 0 spiro atoms. The summed E-state index contributed by atoms with van der Waals surface area (Å²) in [6.45, 7) is -0.457. The molecule has 0 radical (unpaired) electrons. The number of benzene rings is 1. The summed E-state index contributed by atoms with van der Waals surface area (Å²) in [5.74, 6) is -3.76. The Bertz CT molecular complexity index is 509. The van der Waals surface area contributed by atoms with E-state index in [-0.39, 0.29) is 0 Å². The van der Waals surface area contributed by atoms with Gasteiger partial charge in [0.1, 0.15) is 12.6 Å². The van der Waals surface area contributed by atoms with Crippen LogP contribution in [0, 0.1) is 21.7 Å². The molecule has 1 atom stereocenters. The number of nitrogens with zero attached hydrogens (tertiary/aromatic N) is 1. The van der Waals surface area contributed by atoms with Crippen LogP contribution in [-0.2, 0) is 9.53 Å². The molecule has 0 saturated heterocycles. The van der Waals surface area contributed by atoms with Crippen LogP contribution in [0.3, 0.4) is 0 Å². The first kappa shape index (κ1) is 14.8. The largest absolute Gasteiger partial charge is 0.488 e. The van der Waals surface area contributed by atoms with Crippen LogP contribution in [0.4, 0.5) is 14.5 Å². The summed E-state index contributed by atoms with van der Waals surface area (Å²) in [6.07, 6.45) is 0. The molecule has 1 unspecified atom stereocenters.